The molecule has 0 spiro atoms. The number of carbonyl (C=O) groups excluding carboxylic acids is 1. The number of benzene rings is 1. The SMILES string of the molecule is C=C(CCC(C)CC)O/N=C(\C)C1CCN(c2ncnc3c(-c4ccc(N5CCCC5C(N)=O)nc4)cc(F)cc23)CC1. The van der Waals surface area contributed by atoms with Crippen LogP contribution in [0.4, 0.5) is 16.0 Å². The molecule has 1 amide bonds. The minimum atomic E-state index is -0.362. The molecule has 0 bridgehead atoms. The summed E-state index contributed by atoms with van der Waals surface area (Å²) >= 11 is 0. The quantitative estimate of drug-likeness (QED) is 0.161. The Morgan fingerprint density at radius 3 is 2.67 bits per heavy atom. The molecule has 2 aliphatic heterocycles. The van der Waals surface area contributed by atoms with Crippen LogP contribution in [0.5, 0.6) is 0 Å². The monoisotopic (exact) mass is 587 g/mol. The van der Waals surface area contributed by atoms with Crippen molar-refractivity contribution in [2.45, 2.75) is 71.8 Å². The number of hydrogen-bond donors (Lipinski definition) is 1. The van der Waals surface area contributed by atoms with Gasteiger partial charge in [0.05, 0.1) is 11.2 Å². The molecule has 2 N–H and O–H groups in total. The summed E-state index contributed by atoms with van der Waals surface area (Å²) in [4.78, 5) is 35.4. The summed E-state index contributed by atoms with van der Waals surface area (Å²) in [6.45, 7) is 12.7. The molecular formula is C33H42FN7O2. The number of anilines is 2. The zero-order valence-corrected chi connectivity index (χ0v) is 25.4. The van der Waals surface area contributed by atoms with E-state index in [4.69, 9.17) is 10.6 Å². The predicted molar refractivity (Wildman–Crippen MR) is 169 cm³/mol. The smallest absolute Gasteiger partial charge is 0.240 e. The Labute approximate surface area is 253 Å². The van der Waals surface area contributed by atoms with Crippen LogP contribution in [0.1, 0.15) is 65.7 Å². The highest BCUT2D eigenvalue weighted by molar-refractivity contribution is 5.99. The number of nitrogens with two attached hydrogens (primary N) is 1. The fourth-order valence-electron chi connectivity index (χ4n) is 6.02. The molecule has 3 aromatic rings. The second-order valence-corrected chi connectivity index (χ2v) is 11.9. The molecule has 0 saturated carbocycles. The fourth-order valence-corrected chi connectivity index (χ4v) is 6.02. The molecule has 0 radical (unpaired) electrons. The molecular weight excluding hydrogens is 545 g/mol. The van der Waals surface area contributed by atoms with E-state index in [0.717, 1.165) is 81.7 Å². The maximum absolute atomic E-state index is 15.0. The molecule has 2 saturated heterocycles. The summed E-state index contributed by atoms with van der Waals surface area (Å²) in [6.07, 6.45) is 9.65. The van der Waals surface area contributed by atoms with E-state index >= 15 is 4.39 Å². The summed E-state index contributed by atoms with van der Waals surface area (Å²) in [5.74, 6) is 2.35. The molecule has 2 fully saturated rings. The third-order valence-corrected chi connectivity index (χ3v) is 8.93. The summed E-state index contributed by atoms with van der Waals surface area (Å²) in [6, 6.07) is 6.39. The van der Waals surface area contributed by atoms with Gasteiger partial charge < -0.3 is 20.4 Å². The maximum atomic E-state index is 15.0. The number of aromatic nitrogens is 3. The average Bonchev–Trinajstić information content (AvgIpc) is 3.52. The number of amides is 1. The first-order valence-corrected chi connectivity index (χ1v) is 15.4. The van der Waals surface area contributed by atoms with Crippen molar-refractivity contribution in [3.05, 3.63) is 54.9 Å². The highest BCUT2D eigenvalue weighted by Crippen LogP contribution is 2.35. The van der Waals surface area contributed by atoms with E-state index in [1.54, 1.807) is 12.5 Å². The first kappa shape index (κ1) is 30.4. The van der Waals surface area contributed by atoms with E-state index in [2.05, 4.69) is 45.4 Å². The average molecular weight is 588 g/mol. The zero-order valence-electron chi connectivity index (χ0n) is 25.4. The minimum absolute atomic E-state index is 0.299. The van der Waals surface area contributed by atoms with Gasteiger partial charge in [0.15, 0.2) is 0 Å². The van der Waals surface area contributed by atoms with Crippen molar-refractivity contribution < 1.29 is 14.0 Å². The van der Waals surface area contributed by atoms with E-state index in [1.807, 2.05) is 24.0 Å². The second-order valence-electron chi connectivity index (χ2n) is 11.9. The van der Waals surface area contributed by atoms with E-state index in [-0.39, 0.29) is 17.8 Å². The van der Waals surface area contributed by atoms with Gasteiger partial charge in [-0.05, 0) is 69.2 Å². The molecule has 2 atom stereocenters. The third kappa shape index (κ3) is 6.95. The molecule has 2 aromatic heterocycles. The van der Waals surface area contributed by atoms with Gasteiger partial charge in [-0.15, -0.1) is 0 Å². The van der Waals surface area contributed by atoms with Gasteiger partial charge >= 0.3 is 0 Å². The molecule has 228 valence electrons. The Kier molecular flexibility index (Phi) is 9.52. The molecule has 0 aliphatic carbocycles. The van der Waals surface area contributed by atoms with Crippen LogP contribution >= 0.6 is 0 Å². The molecule has 2 unspecified atom stereocenters. The fraction of sp³-hybridized carbons (Fsp3) is 0.485. The molecule has 4 heterocycles. The van der Waals surface area contributed by atoms with Crippen molar-refractivity contribution in [1.82, 2.24) is 15.0 Å². The van der Waals surface area contributed by atoms with Gasteiger partial charge in [0, 0.05) is 54.7 Å². The van der Waals surface area contributed by atoms with Gasteiger partial charge in [0.1, 0.15) is 35.6 Å². The molecule has 43 heavy (non-hydrogen) atoms. The predicted octanol–water partition coefficient (Wildman–Crippen LogP) is 6.23. The topological polar surface area (TPSA) is 110 Å². The minimum Gasteiger partial charge on any atom is -0.368 e. The third-order valence-electron chi connectivity index (χ3n) is 8.93. The van der Waals surface area contributed by atoms with E-state index in [0.29, 0.717) is 39.9 Å². The highest BCUT2D eigenvalue weighted by atomic mass is 19.1. The van der Waals surface area contributed by atoms with Crippen molar-refractivity contribution in [2.75, 3.05) is 29.4 Å². The van der Waals surface area contributed by atoms with Gasteiger partial charge in [-0.25, -0.2) is 19.3 Å². The van der Waals surface area contributed by atoms with Crippen LogP contribution in [0.25, 0.3) is 22.0 Å². The largest absolute Gasteiger partial charge is 0.368 e. The normalized spacial score (nSPS) is 18.7. The Morgan fingerprint density at radius 2 is 1.98 bits per heavy atom. The molecule has 10 heteroatoms. The summed E-state index contributed by atoms with van der Waals surface area (Å²) < 4.78 is 15.0. The van der Waals surface area contributed by atoms with Crippen molar-refractivity contribution in [2.24, 2.45) is 22.7 Å². The van der Waals surface area contributed by atoms with E-state index in [1.165, 1.54) is 12.1 Å². The van der Waals surface area contributed by atoms with Crippen LogP contribution in [0, 0.1) is 17.7 Å². The van der Waals surface area contributed by atoms with Crippen LogP contribution in [0.3, 0.4) is 0 Å². The Balaban J connectivity index is 1.29. The number of nitrogens with zero attached hydrogens (tertiary/aromatic N) is 6. The lowest BCUT2D eigenvalue weighted by molar-refractivity contribution is -0.119. The highest BCUT2D eigenvalue weighted by Gasteiger charge is 2.30. The lowest BCUT2D eigenvalue weighted by Crippen LogP contribution is -2.40. The first-order valence-electron chi connectivity index (χ1n) is 15.4. The van der Waals surface area contributed by atoms with Crippen LogP contribution in [0.15, 0.2) is 54.3 Å². The Morgan fingerprint density at radius 1 is 1.19 bits per heavy atom. The van der Waals surface area contributed by atoms with Crippen molar-refractivity contribution >= 4 is 34.2 Å². The zero-order chi connectivity index (χ0) is 30.5. The standard InChI is InChI=1S/C33H42FN7O2/c1-5-21(2)8-9-22(3)43-39-23(4)24-12-15-40(16-13-24)33-28-18-26(34)17-27(31(28)37-20-38-33)25-10-11-30(36-19-25)41-14-6-7-29(41)32(35)42/h10-11,17-21,24,29H,3,5-9,12-16H2,1-2,4H3,(H2,35,42)/b39-23+. The number of carbonyl (C=O) groups is 1. The number of hydrogen-bond acceptors (Lipinski definition) is 8. The van der Waals surface area contributed by atoms with Crippen molar-refractivity contribution in [3.8, 4) is 11.1 Å². The Hall–Kier alpha value is -4.08. The molecule has 2 aliphatic rings. The molecule has 5 rings (SSSR count). The van der Waals surface area contributed by atoms with E-state index in [9.17, 15) is 4.79 Å². The number of pyridine rings is 1. The number of allylic oxidation sites excluding steroid dienone is 1. The number of halogens is 1. The summed E-state index contributed by atoms with van der Waals surface area (Å²) in [5.41, 5.74) is 8.61. The first-order chi connectivity index (χ1) is 20.7. The number of oxime groups is 1. The second kappa shape index (κ2) is 13.5. The maximum Gasteiger partial charge on any atom is 0.240 e. The van der Waals surface area contributed by atoms with Gasteiger partial charge in [-0.3, -0.25) is 4.79 Å². The number of primary amides is 1. The van der Waals surface area contributed by atoms with Gasteiger partial charge in [0.25, 0.3) is 0 Å². The van der Waals surface area contributed by atoms with Crippen LogP contribution in [-0.4, -0.2) is 52.2 Å². The van der Waals surface area contributed by atoms with E-state index < -0.39 is 0 Å². The lowest BCUT2D eigenvalue weighted by atomic mass is 9.92. The van der Waals surface area contributed by atoms with Gasteiger partial charge in [-0.2, -0.15) is 0 Å². The van der Waals surface area contributed by atoms with Gasteiger partial charge in [-0.1, -0.05) is 32.0 Å². The van der Waals surface area contributed by atoms with Crippen molar-refractivity contribution in [3.63, 3.8) is 0 Å². The number of fused-ring (bicyclic) bond motifs is 1. The summed E-state index contributed by atoms with van der Waals surface area (Å²) in [5, 5.41) is 5.06. The van der Waals surface area contributed by atoms with Gasteiger partial charge in [0.2, 0.25) is 5.91 Å². The van der Waals surface area contributed by atoms with Crippen LogP contribution < -0.4 is 15.5 Å². The number of piperidine rings is 1. The Bertz CT molecular complexity index is 1480. The van der Waals surface area contributed by atoms with Crippen molar-refractivity contribution in [1.29, 1.82) is 0 Å². The molecule has 1 aromatic carbocycles. The summed E-state index contributed by atoms with van der Waals surface area (Å²) in [7, 11) is 0. The van der Waals surface area contributed by atoms with Crippen LogP contribution in [-0.2, 0) is 9.63 Å². The van der Waals surface area contributed by atoms with Crippen LogP contribution in [0.2, 0.25) is 0 Å². The molecule has 9 nitrogen and oxygen atoms in total. The number of rotatable bonds is 11. The lowest BCUT2D eigenvalue weighted by Gasteiger charge is -2.33.